The summed E-state index contributed by atoms with van der Waals surface area (Å²) in [5, 5.41) is 1.72. The highest BCUT2D eigenvalue weighted by Crippen LogP contribution is 2.34. The first-order valence-corrected chi connectivity index (χ1v) is 7.89. The summed E-state index contributed by atoms with van der Waals surface area (Å²) >= 11 is 6.29. The van der Waals surface area contributed by atoms with Crippen LogP contribution in [-0.2, 0) is 0 Å². The van der Waals surface area contributed by atoms with E-state index in [1.165, 1.54) is 6.92 Å². The summed E-state index contributed by atoms with van der Waals surface area (Å²) in [5.74, 6) is -2.12. The molecule has 1 aromatic carbocycles. The van der Waals surface area contributed by atoms with Gasteiger partial charge in [-0.25, -0.2) is 13.8 Å². The number of ketones is 1. The monoisotopic (exact) mass is 338 g/mol. The molecule has 0 bridgehead atoms. The number of carbonyl (C=O) groups excluding carboxylic acids is 1. The highest BCUT2D eigenvalue weighted by atomic mass is 35.5. The van der Waals surface area contributed by atoms with Crippen LogP contribution in [0.2, 0.25) is 5.15 Å². The number of nitrogens with zero attached hydrogens (tertiary/aromatic N) is 2. The molecule has 1 aliphatic rings. The van der Waals surface area contributed by atoms with E-state index < -0.39 is 5.92 Å². The van der Waals surface area contributed by atoms with Crippen LogP contribution in [-0.4, -0.2) is 29.8 Å². The molecule has 0 aliphatic carbocycles. The van der Waals surface area contributed by atoms with Crippen LogP contribution in [0.1, 0.15) is 35.7 Å². The first-order chi connectivity index (χ1) is 10.8. The minimum Gasteiger partial charge on any atom is -0.356 e. The molecule has 2 heterocycles. The van der Waals surface area contributed by atoms with Gasteiger partial charge in [-0.1, -0.05) is 11.6 Å². The number of alkyl halides is 2. The van der Waals surface area contributed by atoms with Gasteiger partial charge in [0.2, 0.25) is 0 Å². The van der Waals surface area contributed by atoms with Gasteiger partial charge in [0, 0.05) is 36.9 Å². The molecule has 0 unspecified atom stereocenters. The zero-order chi connectivity index (χ0) is 16.8. The van der Waals surface area contributed by atoms with Crippen molar-refractivity contribution in [2.75, 3.05) is 18.0 Å². The molecule has 1 aliphatic heterocycles. The quantitative estimate of drug-likeness (QED) is 0.591. The number of Topliss-reactive ketones (excluding diaryl/α,β-unsaturated/α-hetero) is 1. The lowest BCUT2D eigenvalue weighted by molar-refractivity contribution is -0.0221. The number of aromatic nitrogens is 1. The third-order valence-electron chi connectivity index (χ3n) is 4.23. The van der Waals surface area contributed by atoms with Crippen molar-refractivity contribution >= 4 is 34.0 Å². The van der Waals surface area contributed by atoms with Crippen LogP contribution in [0.15, 0.2) is 18.2 Å². The number of hydrogen-bond acceptors (Lipinski definition) is 3. The maximum Gasteiger partial charge on any atom is 0.251 e. The van der Waals surface area contributed by atoms with Gasteiger partial charge >= 0.3 is 0 Å². The van der Waals surface area contributed by atoms with Gasteiger partial charge in [0.15, 0.2) is 5.78 Å². The Hall–Kier alpha value is -1.75. The summed E-state index contributed by atoms with van der Waals surface area (Å²) in [6, 6.07) is 5.47. The molecule has 3 rings (SSSR count). The molecule has 1 saturated heterocycles. The minimum absolute atomic E-state index is 0.0582. The average Bonchev–Trinajstić information content (AvgIpc) is 2.47. The molecule has 0 atom stereocenters. The number of carbonyl (C=O) groups is 1. The molecule has 1 aromatic heterocycles. The number of anilines is 1. The first-order valence-electron chi connectivity index (χ1n) is 7.51. The first kappa shape index (κ1) is 16.1. The Morgan fingerprint density at radius 2 is 1.87 bits per heavy atom. The zero-order valence-electron chi connectivity index (χ0n) is 13.0. The minimum atomic E-state index is -2.61. The Kier molecular flexibility index (Phi) is 4.00. The van der Waals surface area contributed by atoms with Crippen LogP contribution in [0.4, 0.5) is 14.6 Å². The number of rotatable bonds is 2. The van der Waals surface area contributed by atoms with Gasteiger partial charge in [-0.15, -0.1) is 0 Å². The fraction of sp³-hybridized carbons (Fsp3) is 0.412. The van der Waals surface area contributed by atoms with E-state index in [-0.39, 0.29) is 31.7 Å². The Labute approximate surface area is 138 Å². The van der Waals surface area contributed by atoms with E-state index in [1.807, 2.05) is 19.1 Å². The molecule has 6 heteroatoms. The second-order valence-corrected chi connectivity index (χ2v) is 6.44. The lowest BCUT2D eigenvalue weighted by Gasteiger charge is -2.32. The van der Waals surface area contributed by atoms with Crippen LogP contribution in [0.3, 0.4) is 0 Å². The van der Waals surface area contributed by atoms with Gasteiger partial charge in [0.1, 0.15) is 11.0 Å². The van der Waals surface area contributed by atoms with Crippen molar-refractivity contribution in [1.82, 2.24) is 4.98 Å². The van der Waals surface area contributed by atoms with Gasteiger partial charge in [-0.05, 0) is 43.0 Å². The van der Waals surface area contributed by atoms with Crippen LogP contribution in [0.25, 0.3) is 10.8 Å². The Morgan fingerprint density at radius 1 is 1.22 bits per heavy atom. The third kappa shape index (κ3) is 3.15. The van der Waals surface area contributed by atoms with Crippen molar-refractivity contribution in [3.63, 3.8) is 0 Å². The number of benzene rings is 1. The van der Waals surface area contributed by atoms with Crippen molar-refractivity contribution in [1.29, 1.82) is 0 Å². The molecule has 3 nitrogen and oxygen atoms in total. The van der Waals surface area contributed by atoms with E-state index in [9.17, 15) is 13.6 Å². The molecule has 2 aromatic rings. The van der Waals surface area contributed by atoms with Crippen molar-refractivity contribution in [3.8, 4) is 0 Å². The summed E-state index contributed by atoms with van der Waals surface area (Å²) in [6.45, 7) is 3.85. The van der Waals surface area contributed by atoms with E-state index in [0.29, 0.717) is 21.9 Å². The standard InChI is InChI=1S/C17H17ClF2N2O/c1-10-7-12(11(2)23)13-9-15(21-16(18)14(13)8-10)22-5-3-17(19,20)4-6-22/h7-9H,3-6H2,1-2H3. The van der Waals surface area contributed by atoms with Gasteiger partial charge in [0.25, 0.3) is 5.92 Å². The van der Waals surface area contributed by atoms with E-state index in [0.717, 1.165) is 10.9 Å². The Morgan fingerprint density at radius 3 is 2.48 bits per heavy atom. The van der Waals surface area contributed by atoms with E-state index in [4.69, 9.17) is 11.6 Å². The van der Waals surface area contributed by atoms with Crippen molar-refractivity contribution in [2.45, 2.75) is 32.6 Å². The van der Waals surface area contributed by atoms with E-state index in [2.05, 4.69) is 4.98 Å². The smallest absolute Gasteiger partial charge is 0.251 e. The summed E-state index contributed by atoms with van der Waals surface area (Å²) in [7, 11) is 0. The highest BCUT2D eigenvalue weighted by molar-refractivity contribution is 6.35. The van der Waals surface area contributed by atoms with Gasteiger partial charge in [-0.3, -0.25) is 4.79 Å². The summed E-state index contributed by atoms with van der Waals surface area (Å²) in [4.78, 5) is 18.1. The molecule has 23 heavy (non-hydrogen) atoms. The van der Waals surface area contributed by atoms with Crippen LogP contribution in [0.5, 0.6) is 0 Å². The normalized spacial score (nSPS) is 17.5. The van der Waals surface area contributed by atoms with E-state index in [1.54, 1.807) is 11.0 Å². The number of pyridine rings is 1. The fourth-order valence-corrected chi connectivity index (χ4v) is 3.21. The molecular weight excluding hydrogens is 322 g/mol. The van der Waals surface area contributed by atoms with Crippen LogP contribution >= 0.6 is 11.6 Å². The molecule has 0 radical (unpaired) electrons. The molecule has 122 valence electrons. The van der Waals surface area contributed by atoms with Gasteiger partial charge < -0.3 is 4.90 Å². The SMILES string of the molecule is CC(=O)c1cc(C)cc2c(Cl)nc(N3CCC(F)(F)CC3)cc12. The predicted molar refractivity (Wildman–Crippen MR) is 87.9 cm³/mol. The number of halogens is 3. The van der Waals surface area contributed by atoms with Crippen molar-refractivity contribution in [2.24, 2.45) is 0 Å². The molecule has 0 saturated carbocycles. The second kappa shape index (κ2) is 5.71. The Bertz CT molecular complexity index is 782. The summed E-state index contributed by atoms with van der Waals surface area (Å²) < 4.78 is 26.6. The molecule has 0 spiro atoms. The maximum absolute atomic E-state index is 13.3. The zero-order valence-corrected chi connectivity index (χ0v) is 13.8. The van der Waals surface area contributed by atoms with Crippen molar-refractivity contribution in [3.05, 3.63) is 34.5 Å². The Balaban J connectivity index is 2.09. The number of aryl methyl sites for hydroxylation is 1. The lowest BCUT2D eigenvalue weighted by Crippen LogP contribution is -2.39. The van der Waals surface area contributed by atoms with Gasteiger partial charge in [0.05, 0.1) is 0 Å². The average molecular weight is 339 g/mol. The largest absolute Gasteiger partial charge is 0.356 e. The highest BCUT2D eigenvalue weighted by Gasteiger charge is 2.34. The van der Waals surface area contributed by atoms with Crippen LogP contribution < -0.4 is 4.90 Å². The fourth-order valence-electron chi connectivity index (χ4n) is 2.96. The number of piperidine rings is 1. The molecule has 0 amide bonds. The topological polar surface area (TPSA) is 33.2 Å². The maximum atomic E-state index is 13.3. The van der Waals surface area contributed by atoms with Crippen molar-refractivity contribution < 1.29 is 13.6 Å². The van der Waals surface area contributed by atoms with Crippen LogP contribution in [0, 0.1) is 6.92 Å². The summed E-state index contributed by atoms with van der Waals surface area (Å²) in [5.41, 5.74) is 1.50. The second-order valence-electron chi connectivity index (χ2n) is 6.08. The molecule has 1 fully saturated rings. The molecule has 0 N–H and O–H groups in total. The van der Waals surface area contributed by atoms with Gasteiger partial charge in [-0.2, -0.15) is 0 Å². The lowest BCUT2D eigenvalue weighted by atomic mass is 10.00. The third-order valence-corrected chi connectivity index (χ3v) is 4.52. The molecular formula is C17H17ClF2N2O. The van der Waals surface area contributed by atoms with E-state index >= 15 is 0 Å². The predicted octanol–water partition coefficient (Wildman–Crippen LogP) is 4.63. The summed E-state index contributed by atoms with van der Waals surface area (Å²) in [6.07, 6.45) is -0.393. The number of hydrogen-bond donors (Lipinski definition) is 0. The number of fused-ring (bicyclic) bond motifs is 1.